The molecule has 2 aliphatic heterocycles. The predicted molar refractivity (Wildman–Crippen MR) is 140 cm³/mol. The lowest BCUT2D eigenvalue weighted by atomic mass is 9.44. The number of benzene rings is 1. The number of methoxy groups -OCH3 is 1. The highest BCUT2D eigenvalue weighted by Gasteiger charge is 2.65. The maximum absolute atomic E-state index is 14.3. The second kappa shape index (κ2) is 9.21. The molecule has 1 aromatic carbocycles. The number of fused-ring (bicyclic) bond motifs is 4. The fraction of sp³-hybridized carbons (Fsp3) is 0.419. The van der Waals surface area contributed by atoms with E-state index in [1.54, 1.807) is 24.7 Å². The lowest BCUT2D eigenvalue weighted by Crippen LogP contribution is -2.60. The summed E-state index contributed by atoms with van der Waals surface area (Å²) in [6.45, 7) is 8.59. The fourth-order valence-corrected chi connectivity index (χ4v) is 7.57. The Morgan fingerprint density at radius 1 is 1.15 bits per heavy atom. The van der Waals surface area contributed by atoms with Crippen molar-refractivity contribution in [1.82, 2.24) is 5.32 Å². The van der Waals surface area contributed by atoms with Gasteiger partial charge < -0.3 is 23.9 Å². The summed E-state index contributed by atoms with van der Waals surface area (Å²) in [5, 5.41) is 2.72. The smallest absolute Gasteiger partial charge is 0.343 e. The molecule has 1 aromatic heterocycles. The molecular formula is C31H31NO8. The molecule has 0 bridgehead atoms. The predicted octanol–water partition coefficient (Wildman–Crippen LogP) is 4.65. The van der Waals surface area contributed by atoms with Crippen LogP contribution in [-0.2, 0) is 30.3 Å². The largest absolute Gasteiger partial charge is 0.490 e. The lowest BCUT2D eigenvalue weighted by molar-refractivity contribution is -0.174. The summed E-state index contributed by atoms with van der Waals surface area (Å²) in [6, 6.07) is 6.54. The summed E-state index contributed by atoms with van der Waals surface area (Å²) >= 11 is 0. The van der Waals surface area contributed by atoms with Gasteiger partial charge in [-0.2, -0.15) is 0 Å². The van der Waals surface area contributed by atoms with Crippen LogP contribution in [0.25, 0.3) is 0 Å². The van der Waals surface area contributed by atoms with Gasteiger partial charge in [0, 0.05) is 29.5 Å². The summed E-state index contributed by atoms with van der Waals surface area (Å²) in [7, 11) is 1.31. The van der Waals surface area contributed by atoms with E-state index in [2.05, 4.69) is 11.9 Å². The Hall–Kier alpha value is -4.14. The molecule has 2 aromatic rings. The number of ketones is 1. The molecule has 6 rings (SSSR count). The van der Waals surface area contributed by atoms with Crippen LogP contribution in [0.5, 0.6) is 0 Å². The van der Waals surface area contributed by atoms with E-state index >= 15 is 0 Å². The Morgan fingerprint density at radius 3 is 2.67 bits per heavy atom. The van der Waals surface area contributed by atoms with Crippen molar-refractivity contribution in [2.75, 3.05) is 7.11 Å². The highest BCUT2D eigenvalue weighted by Crippen LogP contribution is 2.66. The molecular weight excluding hydrogens is 514 g/mol. The number of amides is 1. The third-order valence-corrected chi connectivity index (χ3v) is 9.53. The molecule has 3 heterocycles. The van der Waals surface area contributed by atoms with Crippen molar-refractivity contribution in [2.45, 2.75) is 45.8 Å². The number of esters is 2. The number of nitrogens with one attached hydrogen (secondary N) is 1. The van der Waals surface area contributed by atoms with Crippen molar-refractivity contribution in [3.63, 3.8) is 0 Å². The van der Waals surface area contributed by atoms with Gasteiger partial charge in [-0.1, -0.05) is 26.5 Å². The van der Waals surface area contributed by atoms with Gasteiger partial charge in [0.2, 0.25) is 5.78 Å². The third-order valence-electron chi connectivity index (χ3n) is 9.53. The molecule has 1 saturated heterocycles. The number of carbonyl (C=O) groups is 4. The number of carbonyl (C=O) groups excluding carboxylic acids is 4. The van der Waals surface area contributed by atoms with Crippen LogP contribution in [0.4, 0.5) is 0 Å². The highest BCUT2D eigenvalue weighted by atomic mass is 16.5. The Bertz CT molecular complexity index is 1470. The zero-order chi connectivity index (χ0) is 28.4. The quantitative estimate of drug-likeness (QED) is 0.551. The lowest BCUT2D eigenvalue weighted by Gasteiger charge is -2.60. The molecule has 40 heavy (non-hydrogen) atoms. The number of furan rings is 1. The molecule has 1 N–H and O–H groups in total. The summed E-state index contributed by atoms with van der Waals surface area (Å²) < 4.78 is 22.4. The molecule has 208 valence electrons. The Morgan fingerprint density at radius 2 is 1.95 bits per heavy atom. The van der Waals surface area contributed by atoms with Crippen LogP contribution in [-0.4, -0.2) is 30.7 Å². The van der Waals surface area contributed by atoms with Gasteiger partial charge in [0.05, 0.1) is 36.9 Å². The van der Waals surface area contributed by atoms with Crippen LogP contribution >= 0.6 is 0 Å². The standard InChI is InChI=1S/C31H31NO8/c1-16-21-7-9-30(2)22(29(36)37-4)12-23(40-28(35)17-5-6-18-14-32-27(34)20(18)11-17)25(33)26(30)31(21,3)13-24(39-16)19-8-10-38-15-19/h5-6,8,10-12,15,21-22,24,26H,1,7,9,13-14H2,2-4H3,(H,32,34)/t21-,22-,24-,26-,30-,31-/m0/s1. The van der Waals surface area contributed by atoms with Crippen LogP contribution < -0.4 is 5.32 Å². The number of hydrogen-bond acceptors (Lipinski definition) is 8. The monoisotopic (exact) mass is 545 g/mol. The molecule has 0 unspecified atom stereocenters. The molecule has 9 heteroatoms. The topological polar surface area (TPSA) is 121 Å². The van der Waals surface area contributed by atoms with E-state index in [1.165, 1.54) is 19.3 Å². The third kappa shape index (κ3) is 3.82. The minimum absolute atomic E-state index is 0.138. The molecule has 1 amide bonds. The Kier molecular flexibility index (Phi) is 6.01. The van der Waals surface area contributed by atoms with Crippen molar-refractivity contribution in [1.29, 1.82) is 0 Å². The van der Waals surface area contributed by atoms with Gasteiger partial charge >= 0.3 is 11.9 Å². The van der Waals surface area contributed by atoms with Gasteiger partial charge in [-0.05, 0) is 59.9 Å². The molecule has 4 aliphatic rings. The number of allylic oxidation sites excluding steroid dienone is 2. The second-order valence-corrected chi connectivity index (χ2v) is 11.7. The maximum atomic E-state index is 14.3. The summed E-state index contributed by atoms with van der Waals surface area (Å²) in [5.41, 5.74) is 0.709. The minimum atomic E-state index is -0.810. The van der Waals surface area contributed by atoms with Crippen molar-refractivity contribution >= 4 is 23.6 Å². The average Bonchev–Trinajstić information content (AvgIpc) is 3.59. The van der Waals surface area contributed by atoms with Crippen molar-refractivity contribution in [3.05, 3.63) is 83.2 Å². The van der Waals surface area contributed by atoms with E-state index in [1.807, 2.05) is 19.9 Å². The minimum Gasteiger partial charge on any atom is -0.490 e. The molecule has 1 saturated carbocycles. The van der Waals surface area contributed by atoms with E-state index in [-0.39, 0.29) is 35.0 Å². The molecule has 2 aliphatic carbocycles. The molecule has 9 nitrogen and oxygen atoms in total. The normalized spacial score (nSPS) is 32.6. The number of Topliss-reactive ketones (excluding diaryl/α,β-unsaturated/α-hetero) is 1. The van der Waals surface area contributed by atoms with Crippen LogP contribution in [0, 0.1) is 28.6 Å². The first-order chi connectivity index (χ1) is 19.1. The summed E-state index contributed by atoms with van der Waals surface area (Å²) in [5.74, 6) is -3.12. The summed E-state index contributed by atoms with van der Waals surface area (Å²) in [6.07, 6.45) is 5.97. The number of ether oxygens (including phenoxy) is 3. The fourth-order valence-electron chi connectivity index (χ4n) is 7.57. The van der Waals surface area contributed by atoms with Crippen LogP contribution in [0.1, 0.15) is 71.1 Å². The van der Waals surface area contributed by atoms with E-state index < -0.39 is 34.6 Å². The van der Waals surface area contributed by atoms with Gasteiger partial charge in [0.1, 0.15) is 6.10 Å². The van der Waals surface area contributed by atoms with E-state index in [0.717, 1.165) is 11.1 Å². The Balaban J connectivity index is 1.39. The molecule has 6 atom stereocenters. The highest BCUT2D eigenvalue weighted by molar-refractivity contribution is 6.04. The van der Waals surface area contributed by atoms with Gasteiger partial charge in [-0.15, -0.1) is 0 Å². The van der Waals surface area contributed by atoms with E-state index in [0.29, 0.717) is 37.1 Å². The first kappa shape index (κ1) is 26.1. The van der Waals surface area contributed by atoms with Crippen LogP contribution in [0.3, 0.4) is 0 Å². The first-order valence-corrected chi connectivity index (χ1v) is 13.4. The van der Waals surface area contributed by atoms with Gasteiger partial charge in [0.25, 0.3) is 5.91 Å². The van der Waals surface area contributed by atoms with Gasteiger partial charge in [-0.3, -0.25) is 14.4 Å². The number of hydrogen-bond donors (Lipinski definition) is 1. The van der Waals surface area contributed by atoms with Crippen molar-refractivity contribution < 1.29 is 37.8 Å². The van der Waals surface area contributed by atoms with Crippen molar-refractivity contribution in [3.8, 4) is 0 Å². The first-order valence-electron chi connectivity index (χ1n) is 13.4. The summed E-state index contributed by atoms with van der Waals surface area (Å²) in [4.78, 5) is 52.9. The molecule has 0 spiro atoms. The van der Waals surface area contributed by atoms with Crippen molar-refractivity contribution in [2.24, 2.45) is 28.6 Å². The average molecular weight is 546 g/mol. The van der Waals surface area contributed by atoms with Crippen LogP contribution in [0.2, 0.25) is 0 Å². The zero-order valence-electron chi connectivity index (χ0n) is 22.7. The van der Waals surface area contributed by atoms with E-state index in [4.69, 9.17) is 18.6 Å². The van der Waals surface area contributed by atoms with E-state index in [9.17, 15) is 19.2 Å². The SMILES string of the molecule is C=C1O[C@H](c2ccoc2)C[C@]2(C)[C@H]3C(=O)C(OC(=O)c4ccc5c(c4)C(=O)NC5)=C[C@@H](C(=O)OC)[C@]3(C)CC[C@@H]12. The molecule has 0 radical (unpaired) electrons. The van der Waals surface area contributed by atoms with Crippen LogP contribution in [0.15, 0.2) is 65.4 Å². The van der Waals surface area contributed by atoms with Gasteiger partial charge in [0.15, 0.2) is 5.76 Å². The zero-order valence-corrected chi connectivity index (χ0v) is 22.7. The second-order valence-electron chi connectivity index (χ2n) is 11.7. The Labute approximate surface area is 231 Å². The van der Waals surface area contributed by atoms with Gasteiger partial charge in [-0.25, -0.2) is 4.79 Å². The number of rotatable bonds is 4. The molecule has 2 fully saturated rings. The maximum Gasteiger partial charge on any atom is 0.343 e.